The van der Waals surface area contributed by atoms with E-state index in [0.717, 1.165) is 0 Å². The summed E-state index contributed by atoms with van der Waals surface area (Å²) in [5, 5.41) is 31.9. The lowest BCUT2D eigenvalue weighted by Crippen LogP contribution is -2.18. The first kappa shape index (κ1) is 13.8. The van der Waals surface area contributed by atoms with Gasteiger partial charge in [-0.2, -0.15) is 5.26 Å². The molecule has 1 fully saturated rings. The van der Waals surface area contributed by atoms with Crippen LogP contribution in [0.2, 0.25) is 0 Å². The second kappa shape index (κ2) is 5.57. The van der Waals surface area contributed by atoms with Gasteiger partial charge in [0.1, 0.15) is 17.3 Å². The lowest BCUT2D eigenvalue weighted by molar-refractivity contribution is -0.384. The molecule has 20 heavy (non-hydrogen) atoms. The van der Waals surface area contributed by atoms with E-state index in [1.807, 2.05) is 0 Å². The van der Waals surface area contributed by atoms with E-state index in [1.165, 1.54) is 12.1 Å². The average molecular weight is 275 g/mol. The van der Waals surface area contributed by atoms with Crippen LogP contribution in [0.5, 0.6) is 0 Å². The predicted octanol–water partition coefficient (Wildman–Crippen LogP) is 2.13. The van der Waals surface area contributed by atoms with Crippen LogP contribution in [0.15, 0.2) is 18.2 Å². The molecule has 7 nitrogen and oxygen atoms in total. The fourth-order valence-corrected chi connectivity index (χ4v) is 2.50. The Labute approximate surface area is 115 Å². The van der Waals surface area contributed by atoms with Crippen LogP contribution in [0.1, 0.15) is 24.8 Å². The molecule has 1 aromatic rings. The van der Waals surface area contributed by atoms with E-state index in [-0.39, 0.29) is 23.0 Å². The molecule has 104 valence electrons. The van der Waals surface area contributed by atoms with Crippen molar-refractivity contribution in [3.8, 4) is 6.07 Å². The third kappa shape index (κ3) is 2.69. The van der Waals surface area contributed by atoms with Crippen LogP contribution < -0.4 is 5.32 Å². The number of nitriles is 1. The van der Waals surface area contributed by atoms with E-state index in [2.05, 4.69) is 5.32 Å². The summed E-state index contributed by atoms with van der Waals surface area (Å²) in [5.41, 5.74) is 0.00615. The molecule has 0 spiro atoms. The van der Waals surface area contributed by atoms with Gasteiger partial charge in [-0.3, -0.25) is 14.9 Å². The first-order chi connectivity index (χ1) is 9.52. The van der Waals surface area contributed by atoms with E-state index in [4.69, 9.17) is 10.4 Å². The number of nitrogens with zero attached hydrogens (tertiary/aromatic N) is 2. The Morgan fingerprint density at radius 3 is 2.80 bits per heavy atom. The molecule has 1 saturated carbocycles. The minimum atomic E-state index is -0.838. The normalized spacial score (nSPS) is 21.1. The Morgan fingerprint density at radius 2 is 2.25 bits per heavy atom. The summed E-state index contributed by atoms with van der Waals surface area (Å²) in [6.07, 6.45) is 1.63. The zero-order valence-corrected chi connectivity index (χ0v) is 10.6. The highest BCUT2D eigenvalue weighted by Gasteiger charge is 2.31. The highest BCUT2D eigenvalue weighted by molar-refractivity contribution is 5.71. The van der Waals surface area contributed by atoms with Crippen LogP contribution in [-0.2, 0) is 4.79 Å². The summed E-state index contributed by atoms with van der Waals surface area (Å²) in [7, 11) is 0. The van der Waals surface area contributed by atoms with Crippen molar-refractivity contribution in [2.75, 3.05) is 5.32 Å². The van der Waals surface area contributed by atoms with Gasteiger partial charge in [0.15, 0.2) is 0 Å². The van der Waals surface area contributed by atoms with E-state index in [9.17, 15) is 14.9 Å². The average Bonchev–Trinajstić information content (AvgIpc) is 2.86. The molecule has 0 heterocycles. The van der Waals surface area contributed by atoms with Crippen LogP contribution in [0.4, 0.5) is 11.4 Å². The van der Waals surface area contributed by atoms with Crippen LogP contribution in [0.25, 0.3) is 0 Å². The molecule has 0 saturated heterocycles. The van der Waals surface area contributed by atoms with Gasteiger partial charge in [-0.15, -0.1) is 0 Å². The fourth-order valence-electron chi connectivity index (χ4n) is 2.50. The number of para-hydroxylation sites is 1. The van der Waals surface area contributed by atoms with Gasteiger partial charge in [0.05, 0.1) is 10.8 Å². The fraction of sp³-hybridized carbons (Fsp3) is 0.385. The molecular weight excluding hydrogens is 262 g/mol. The molecular formula is C13H13N3O4. The number of carbonyl (C=O) groups is 1. The molecule has 0 aromatic heterocycles. The van der Waals surface area contributed by atoms with Crippen molar-refractivity contribution in [3.63, 3.8) is 0 Å². The third-order valence-corrected chi connectivity index (χ3v) is 3.48. The first-order valence-electron chi connectivity index (χ1n) is 6.19. The number of carboxylic acids is 1. The van der Waals surface area contributed by atoms with Gasteiger partial charge >= 0.3 is 11.7 Å². The number of benzene rings is 1. The van der Waals surface area contributed by atoms with Crippen molar-refractivity contribution in [1.29, 1.82) is 5.26 Å². The Kier molecular flexibility index (Phi) is 3.84. The summed E-state index contributed by atoms with van der Waals surface area (Å²) in [6, 6.07) is 6.16. The molecule has 0 amide bonds. The molecule has 1 aliphatic rings. The number of nitro benzene ring substituents is 1. The monoisotopic (exact) mass is 275 g/mol. The lowest BCUT2D eigenvalue weighted by atomic mass is 10.1. The minimum absolute atomic E-state index is 0.00668. The summed E-state index contributed by atoms with van der Waals surface area (Å²) >= 11 is 0. The second-order valence-electron chi connectivity index (χ2n) is 4.76. The first-order valence-corrected chi connectivity index (χ1v) is 6.19. The summed E-state index contributed by atoms with van der Waals surface area (Å²) in [6.45, 7) is 0. The Hall–Kier alpha value is -2.62. The van der Waals surface area contributed by atoms with Crippen molar-refractivity contribution >= 4 is 17.3 Å². The van der Waals surface area contributed by atoms with Gasteiger partial charge in [0, 0.05) is 6.04 Å². The quantitative estimate of drug-likeness (QED) is 0.642. The van der Waals surface area contributed by atoms with Gasteiger partial charge in [-0.05, 0) is 31.4 Å². The van der Waals surface area contributed by atoms with E-state index < -0.39 is 16.8 Å². The van der Waals surface area contributed by atoms with Crippen molar-refractivity contribution < 1.29 is 14.8 Å². The number of hydrogen-bond acceptors (Lipinski definition) is 5. The minimum Gasteiger partial charge on any atom is -0.481 e. The van der Waals surface area contributed by atoms with Gasteiger partial charge in [0.25, 0.3) is 0 Å². The van der Waals surface area contributed by atoms with Crippen LogP contribution >= 0.6 is 0 Å². The Bertz CT molecular complexity index is 594. The van der Waals surface area contributed by atoms with Crippen LogP contribution in [0.3, 0.4) is 0 Å². The number of rotatable bonds is 4. The summed E-state index contributed by atoms with van der Waals surface area (Å²) in [4.78, 5) is 21.4. The van der Waals surface area contributed by atoms with Gasteiger partial charge in [0.2, 0.25) is 0 Å². The summed E-state index contributed by atoms with van der Waals surface area (Å²) < 4.78 is 0. The molecule has 0 aliphatic heterocycles. The highest BCUT2D eigenvalue weighted by atomic mass is 16.6. The van der Waals surface area contributed by atoms with Gasteiger partial charge in [-0.1, -0.05) is 6.07 Å². The van der Waals surface area contributed by atoms with Crippen LogP contribution in [-0.4, -0.2) is 22.0 Å². The molecule has 0 radical (unpaired) electrons. The molecule has 1 aromatic carbocycles. The van der Waals surface area contributed by atoms with Gasteiger partial charge < -0.3 is 10.4 Å². The molecule has 2 atom stereocenters. The molecule has 2 N–H and O–H groups in total. The SMILES string of the molecule is N#Cc1cccc(NC2CCC(C(=O)O)C2)c1[N+](=O)[O-]. The predicted molar refractivity (Wildman–Crippen MR) is 70.2 cm³/mol. The highest BCUT2D eigenvalue weighted by Crippen LogP contribution is 2.33. The third-order valence-electron chi connectivity index (χ3n) is 3.48. The van der Waals surface area contributed by atoms with Crippen molar-refractivity contribution in [1.82, 2.24) is 0 Å². The Morgan fingerprint density at radius 1 is 1.50 bits per heavy atom. The van der Waals surface area contributed by atoms with Crippen LogP contribution in [0, 0.1) is 27.4 Å². The largest absolute Gasteiger partial charge is 0.481 e. The maximum atomic E-state index is 11.1. The smallest absolute Gasteiger partial charge is 0.309 e. The van der Waals surface area contributed by atoms with Gasteiger partial charge in [-0.25, -0.2) is 0 Å². The maximum absolute atomic E-state index is 11.1. The zero-order valence-electron chi connectivity index (χ0n) is 10.6. The Balaban J connectivity index is 2.21. The van der Waals surface area contributed by atoms with E-state index in [0.29, 0.717) is 19.3 Å². The maximum Gasteiger partial charge on any atom is 0.309 e. The topological polar surface area (TPSA) is 116 Å². The molecule has 2 unspecified atom stereocenters. The molecule has 7 heteroatoms. The van der Waals surface area contributed by atoms with E-state index >= 15 is 0 Å². The number of nitrogens with one attached hydrogen (secondary N) is 1. The number of anilines is 1. The van der Waals surface area contributed by atoms with Crippen molar-refractivity contribution in [2.45, 2.75) is 25.3 Å². The molecule has 1 aliphatic carbocycles. The van der Waals surface area contributed by atoms with Crippen molar-refractivity contribution in [2.24, 2.45) is 5.92 Å². The lowest BCUT2D eigenvalue weighted by Gasteiger charge is -2.14. The zero-order chi connectivity index (χ0) is 14.7. The number of aliphatic carboxylic acids is 1. The summed E-state index contributed by atoms with van der Waals surface area (Å²) in [5.74, 6) is -1.25. The van der Waals surface area contributed by atoms with Crippen molar-refractivity contribution in [3.05, 3.63) is 33.9 Å². The molecule has 0 bridgehead atoms. The number of nitro groups is 1. The molecule has 2 rings (SSSR count). The van der Waals surface area contributed by atoms with E-state index in [1.54, 1.807) is 12.1 Å². The standard InChI is InChI=1S/C13H13N3O4/c14-7-9-2-1-3-11(12(9)16(19)20)15-10-5-4-8(6-10)13(17)18/h1-3,8,10,15H,4-6H2,(H,17,18). The number of carboxylic acid groups (broad SMARTS) is 1. The number of hydrogen-bond donors (Lipinski definition) is 2. The second-order valence-corrected chi connectivity index (χ2v) is 4.76.